The van der Waals surface area contributed by atoms with Gasteiger partial charge in [-0.2, -0.15) is 0 Å². The van der Waals surface area contributed by atoms with Crippen molar-refractivity contribution in [3.8, 4) is 0 Å². The van der Waals surface area contributed by atoms with Gasteiger partial charge in [-0.1, -0.05) is 13.3 Å². The minimum Gasteiger partial charge on any atom is -0.357 e. The summed E-state index contributed by atoms with van der Waals surface area (Å²) in [6, 6.07) is 0. The van der Waals surface area contributed by atoms with Crippen LogP contribution in [0.4, 0.5) is 0 Å². The zero-order chi connectivity index (χ0) is 15.6. The van der Waals surface area contributed by atoms with Crippen molar-refractivity contribution in [3.05, 3.63) is 0 Å². The summed E-state index contributed by atoms with van der Waals surface area (Å²) in [6.07, 6.45) is 2.30. The summed E-state index contributed by atoms with van der Waals surface area (Å²) in [5, 5.41) is 6.14. The largest absolute Gasteiger partial charge is 0.357 e. The lowest BCUT2D eigenvalue weighted by Gasteiger charge is -2.25. The molecular weight excluding hydrogens is 252 g/mol. The quantitative estimate of drug-likeness (QED) is 0.528. The van der Waals surface area contributed by atoms with Crippen LogP contribution in [-0.4, -0.2) is 50.0 Å². The number of hydrogen-bond acceptors (Lipinski definition) is 2. The number of nitrogens with zero attached hydrogens (tertiary/aromatic N) is 2. The van der Waals surface area contributed by atoms with Crippen LogP contribution in [0.1, 0.15) is 47.5 Å². The average Bonchev–Trinajstić information content (AvgIpc) is 2.41. The van der Waals surface area contributed by atoms with Crippen LogP contribution in [-0.2, 0) is 4.79 Å². The SMILES string of the molecule is CCCCN(C)C(=NCC(C)(C)C(=O)NCC)NCC. The molecule has 20 heavy (non-hydrogen) atoms. The summed E-state index contributed by atoms with van der Waals surface area (Å²) in [4.78, 5) is 18.7. The van der Waals surface area contributed by atoms with Gasteiger partial charge < -0.3 is 15.5 Å². The van der Waals surface area contributed by atoms with Gasteiger partial charge in [-0.15, -0.1) is 0 Å². The molecule has 118 valence electrons. The van der Waals surface area contributed by atoms with E-state index in [-0.39, 0.29) is 5.91 Å². The minimum atomic E-state index is -0.484. The van der Waals surface area contributed by atoms with Gasteiger partial charge in [0.25, 0.3) is 0 Å². The molecule has 0 fully saturated rings. The Labute approximate surface area is 124 Å². The molecule has 1 amide bonds. The van der Waals surface area contributed by atoms with E-state index in [1.165, 1.54) is 0 Å². The van der Waals surface area contributed by atoms with E-state index in [1.807, 2.05) is 27.8 Å². The first-order chi connectivity index (χ1) is 9.38. The standard InChI is InChI=1S/C15H32N4O/c1-7-10-11-19(6)14(17-9-3)18-12-15(4,5)13(20)16-8-2/h7-12H2,1-6H3,(H,16,20)(H,17,18). The van der Waals surface area contributed by atoms with Gasteiger partial charge >= 0.3 is 0 Å². The Morgan fingerprint density at radius 1 is 1.15 bits per heavy atom. The van der Waals surface area contributed by atoms with Crippen LogP contribution in [0, 0.1) is 5.41 Å². The second-order valence-electron chi connectivity index (χ2n) is 5.69. The second-order valence-corrected chi connectivity index (χ2v) is 5.69. The zero-order valence-corrected chi connectivity index (χ0v) is 14.0. The smallest absolute Gasteiger partial charge is 0.227 e. The number of unbranched alkanes of at least 4 members (excludes halogenated alkanes) is 1. The topological polar surface area (TPSA) is 56.7 Å². The van der Waals surface area contributed by atoms with Crippen LogP contribution in [0.25, 0.3) is 0 Å². The predicted molar refractivity (Wildman–Crippen MR) is 86.0 cm³/mol. The number of aliphatic imine (C=N–C) groups is 1. The molecule has 0 unspecified atom stereocenters. The van der Waals surface area contributed by atoms with Crippen LogP contribution in [0.3, 0.4) is 0 Å². The maximum atomic E-state index is 12.0. The van der Waals surface area contributed by atoms with Gasteiger partial charge in [-0.25, -0.2) is 0 Å². The van der Waals surface area contributed by atoms with Gasteiger partial charge in [0.15, 0.2) is 5.96 Å². The van der Waals surface area contributed by atoms with Crippen LogP contribution in [0.2, 0.25) is 0 Å². The van der Waals surface area contributed by atoms with Crippen molar-refractivity contribution in [3.63, 3.8) is 0 Å². The molecule has 0 aromatic rings. The molecule has 0 saturated carbocycles. The molecule has 5 heteroatoms. The fraction of sp³-hybridized carbons (Fsp3) is 0.867. The fourth-order valence-corrected chi connectivity index (χ4v) is 1.72. The van der Waals surface area contributed by atoms with Gasteiger partial charge in [-0.05, 0) is 34.1 Å². The molecule has 0 aliphatic rings. The highest BCUT2D eigenvalue weighted by molar-refractivity contribution is 5.83. The number of hydrogen-bond donors (Lipinski definition) is 2. The Morgan fingerprint density at radius 3 is 2.25 bits per heavy atom. The molecule has 0 aromatic carbocycles. The summed E-state index contributed by atoms with van der Waals surface area (Å²) in [6.45, 7) is 13.0. The number of guanidine groups is 1. The van der Waals surface area contributed by atoms with Crippen molar-refractivity contribution < 1.29 is 4.79 Å². The predicted octanol–water partition coefficient (Wildman–Crippen LogP) is 1.85. The maximum Gasteiger partial charge on any atom is 0.227 e. The van der Waals surface area contributed by atoms with E-state index in [9.17, 15) is 4.79 Å². The van der Waals surface area contributed by atoms with Crippen molar-refractivity contribution in [2.45, 2.75) is 47.5 Å². The Kier molecular flexibility index (Phi) is 9.01. The highest BCUT2D eigenvalue weighted by Crippen LogP contribution is 2.15. The van der Waals surface area contributed by atoms with E-state index in [2.05, 4.69) is 34.4 Å². The lowest BCUT2D eigenvalue weighted by Crippen LogP contribution is -2.42. The lowest BCUT2D eigenvalue weighted by molar-refractivity contribution is -0.128. The van der Waals surface area contributed by atoms with E-state index in [0.717, 1.165) is 31.9 Å². The third-order valence-electron chi connectivity index (χ3n) is 3.12. The van der Waals surface area contributed by atoms with E-state index in [4.69, 9.17) is 0 Å². The van der Waals surface area contributed by atoms with Gasteiger partial charge in [0.1, 0.15) is 0 Å². The summed E-state index contributed by atoms with van der Waals surface area (Å²) in [5.41, 5.74) is -0.484. The molecule has 2 N–H and O–H groups in total. The van der Waals surface area contributed by atoms with Crippen molar-refractivity contribution in [2.24, 2.45) is 10.4 Å². The molecule has 0 aliphatic heterocycles. The molecule has 0 heterocycles. The van der Waals surface area contributed by atoms with Crippen molar-refractivity contribution >= 4 is 11.9 Å². The molecule has 0 aliphatic carbocycles. The number of carbonyl (C=O) groups excluding carboxylic acids is 1. The van der Waals surface area contributed by atoms with Crippen molar-refractivity contribution in [2.75, 3.05) is 33.2 Å². The number of carbonyl (C=O) groups is 1. The maximum absolute atomic E-state index is 12.0. The van der Waals surface area contributed by atoms with Crippen LogP contribution in [0.5, 0.6) is 0 Å². The summed E-state index contributed by atoms with van der Waals surface area (Å²) in [5.74, 6) is 0.925. The molecule has 0 saturated heterocycles. The van der Waals surface area contributed by atoms with E-state index in [1.54, 1.807) is 0 Å². The molecule has 0 spiro atoms. The van der Waals surface area contributed by atoms with E-state index >= 15 is 0 Å². The second kappa shape index (κ2) is 9.61. The van der Waals surface area contributed by atoms with Crippen LogP contribution >= 0.6 is 0 Å². The summed E-state index contributed by atoms with van der Waals surface area (Å²) >= 11 is 0. The highest BCUT2D eigenvalue weighted by atomic mass is 16.2. The van der Waals surface area contributed by atoms with Crippen molar-refractivity contribution in [1.82, 2.24) is 15.5 Å². The van der Waals surface area contributed by atoms with E-state index in [0.29, 0.717) is 13.1 Å². The normalized spacial score (nSPS) is 12.2. The molecule has 0 atom stereocenters. The Balaban J connectivity index is 4.70. The first-order valence-corrected chi connectivity index (χ1v) is 7.66. The first kappa shape index (κ1) is 18.7. The number of nitrogens with one attached hydrogen (secondary N) is 2. The van der Waals surface area contributed by atoms with Gasteiger partial charge in [-0.3, -0.25) is 9.79 Å². The molecule has 5 nitrogen and oxygen atoms in total. The fourth-order valence-electron chi connectivity index (χ4n) is 1.72. The molecule has 0 rings (SSSR count). The first-order valence-electron chi connectivity index (χ1n) is 7.66. The summed E-state index contributed by atoms with van der Waals surface area (Å²) < 4.78 is 0. The highest BCUT2D eigenvalue weighted by Gasteiger charge is 2.27. The lowest BCUT2D eigenvalue weighted by atomic mass is 9.92. The average molecular weight is 284 g/mol. The molecule has 0 aromatic heterocycles. The third-order valence-corrected chi connectivity index (χ3v) is 3.12. The zero-order valence-electron chi connectivity index (χ0n) is 14.0. The van der Waals surface area contributed by atoms with Crippen LogP contribution in [0.15, 0.2) is 4.99 Å². The minimum absolute atomic E-state index is 0.0517. The monoisotopic (exact) mass is 284 g/mol. The van der Waals surface area contributed by atoms with Gasteiger partial charge in [0.05, 0.1) is 12.0 Å². The third kappa shape index (κ3) is 6.78. The Hall–Kier alpha value is -1.26. The van der Waals surface area contributed by atoms with E-state index < -0.39 is 5.41 Å². The van der Waals surface area contributed by atoms with Gasteiger partial charge in [0.2, 0.25) is 5.91 Å². The van der Waals surface area contributed by atoms with Crippen LogP contribution < -0.4 is 10.6 Å². The van der Waals surface area contributed by atoms with Crippen molar-refractivity contribution in [1.29, 1.82) is 0 Å². The Bertz CT molecular complexity index is 313. The molecular formula is C15H32N4O. The molecule has 0 radical (unpaired) electrons. The van der Waals surface area contributed by atoms with Gasteiger partial charge in [0, 0.05) is 26.7 Å². The number of rotatable bonds is 8. The molecule has 0 bridgehead atoms. The summed E-state index contributed by atoms with van der Waals surface area (Å²) in [7, 11) is 2.04. The number of amides is 1. The Morgan fingerprint density at radius 2 is 1.75 bits per heavy atom.